The highest BCUT2D eigenvalue weighted by atomic mass is 32.2. The molecule has 1 atom stereocenters. The van der Waals surface area contributed by atoms with Gasteiger partial charge in [0, 0.05) is 10.5 Å². The number of hydrogen-bond acceptors (Lipinski definition) is 5. The molecule has 1 aromatic rings. The van der Waals surface area contributed by atoms with Gasteiger partial charge in [0.2, 0.25) is 0 Å². The molecule has 1 unspecified atom stereocenters. The summed E-state index contributed by atoms with van der Waals surface area (Å²) in [7, 11) is 0. The monoisotopic (exact) mass is 282 g/mol. The minimum Gasteiger partial charge on any atom is -0.486 e. The van der Waals surface area contributed by atoms with Crippen LogP contribution in [0.3, 0.4) is 0 Å². The normalized spacial score (nSPS) is 16.2. The van der Waals surface area contributed by atoms with Gasteiger partial charge in [-0.3, -0.25) is 11.3 Å². The van der Waals surface area contributed by atoms with Crippen molar-refractivity contribution in [1.82, 2.24) is 5.43 Å². The van der Waals surface area contributed by atoms with Gasteiger partial charge in [0.25, 0.3) is 0 Å². The van der Waals surface area contributed by atoms with Gasteiger partial charge >= 0.3 is 0 Å². The third kappa shape index (κ3) is 4.03. The van der Waals surface area contributed by atoms with Crippen LogP contribution in [0.25, 0.3) is 0 Å². The molecule has 0 saturated heterocycles. The van der Waals surface area contributed by atoms with Gasteiger partial charge in [-0.25, -0.2) is 0 Å². The minimum absolute atomic E-state index is 0.111. The average Bonchev–Trinajstić information content (AvgIpc) is 2.38. The Hall–Kier alpha value is -0.910. The number of ether oxygens (including phenoxy) is 2. The number of nitrogens with one attached hydrogen (secondary N) is 1. The zero-order valence-electron chi connectivity index (χ0n) is 11.7. The number of rotatable bonds is 4. The molecule has 0 bridgehead atoms. The van der Waals surface area contributed by atoms with Gasteiger partial charge in [-0.05, 0) is 17.7 Å². The van der Waals surface area contributed by atoms with Crippen LogP contribution in [0, 0.1) is 0 Å². The fourth-order valence-electron chi connectivity index (χ4n) is 1.85. The van der Waals surface area contributed by atoms with E-state index in [2.05, 4.69) is 26.2 Å². The van der Waals surface area contributed by atoms with Crippen molar-refractivity contribution in [1.29, 1.82) is 0 Å². The zero-order valence-corrected chi connectivity index (χ0v) is 12.5. The molecule has 0 radical (unpaired) electrons. The Morgan fingerprint density at radius 1 is 1.26 bits per heavy atom. The molecule has 1 heterocycles. The minimum atomic E-state index is 0.111. The molecule has 2 rings (SSSR count). The summed E-state index contributed by atoms with van der Waals surface area (Å²) in [5.41, 5.74) is 4.01. The van der Waals surface area contributed by atoms with Gasteiger partial charge in [0.15, 0.2) is 11.5 Å². The van der Waals surface area contributed by atoms with Gasteiger partial charge in [-0.2, -0.15) is 11.8 Å². The van der Waals surface area contributed by atoms with E-state index < -0.39 is 0 Å². The molecule has 0 spiro atoms. The van der Waals surface area contributed by atoms with E-state index in [0.29, 0.717) is 13.2 Å². The summed E-state index contributed by atoms with van der Waals surface area (Å²) in [4.78, 5) is 0. The largest absolute Gasteiger partial charge is 0.486 e. The smallest absolute Gasteiger partial charge is 0.161 e. The summed E-state index contributed by atoms with van der Waals surface area (Å²) in [5.74, 6) is 8.22. The van der Waals surface area contributed by atoms with E-state index in [-0.39, 0.29) is 10.8 Å². The van der Waals surface area contributed by atoms with Crippen molar-refractivity contribution in [2.24, 2.45) is 5.84 Å². The van der Waals surface area contributed by atoms with Crippen LogP contribution in [-0.4, -0.2) is 23.7 Å². The summed E-state index contributed by atoms with van der Waals surface area (Å²) in [5, 5.41) is 0. The van der Waals surface area contributed by atoms with Crippen molar-refractivity contribution < 1.29 is 9.47 Å². The molecule has 1 aliphatic rings. The summed E-state index contributed by atoms with van der Waals surface area (Å²) in [6.07, 6.45) is 0. The van der Waals surface area contributed by atoms with Crippen LogP contribution < -0.4 is 20.7 Å². The predicted molar refractivity (Wildman–Crippen MR) is 79.7 cm³/mol. The highest BCUT2D eigenvalue weighted by Gasteiger charge is 2.19. The lowest BCUT2D eigenvalue weighted by molar-refractivity contribution is 0.171. The van der Waals surface area contributed by atoms with E-state index in [1.165, 1.54) is 0 Å². The van der Waals surface area contributed by atoms with E-state index in [9.17, 15) is 0 Å². The number of thioether (sulfide) groups is 1. The van der Waals surface area contributed by atoms with Crippen LogP contribution in [0.4, 0.5) is 0 Å². The molecule has 0 fully saturated rings. The van der Waals surface area contributed by atoms with Crippen LogP contribution >= 0.6 is 11.8 Å². The fraction of sp³-hybridized carbons (Fsp3) is 0.571. The van der Waals surface area contributed by atoms with E-state index in [1.54, 1.807) is 0 Å². The van der Waals surface area contributed by atoms with E-state index in [4.69, 9.17) is 15.3 Å². The molecule has 4 nitrogen and oxygen atoms in total. The summed E-state index contributed by atoms with van der Waals surface area (Å²) >= 11 is 1.88. The maximum atomic E-state index is 5.67. The number of benzene rings is 1. The van der Waals surface area contributed by atoms with Crippen molar-refractivity contribution in [2.45, 2.75) is 31.6 Å². The molecule has 19 heavy (non-hydrogen) atoms. The lowest BCUT2D eigenvalue weighted by Crippen LogP contribution is -2.31. The maximum Gasteiger partial charge on any atom is 0.161 e. The van der Waals surface area contributed by atoms with Gasteiger partial charge in [0.05, 0.1) is 6.04 Å². The predicted octanol–water partition coefficient (Wildman–Crippen LogP) is 2.49. The molecule has 5 heteroatoms. The van der Waals surface area contributed by atoms with Gasteiger partial charge in [-0.15, -0.1) is 0 Å². The van der Waals surface area contributed by atoms with E-state index >= 15 is 0 Å². The van der Waals surface area contributed by atoms with Crippen molar-refractivity contribution in [2.75, 3.05) is 19.0 Å². The van der Waals surface area contributed by atoms with Crippen LogP contribution in [-0.2, 0) is 0 Å². The van der Waals surface area contributed by atoms with Crippen LogP contribution in [0.1, 0.15) is 32.4 Å². The van der Waals surface area contributed by atoms with Crippen molar-refractivity contribution in [3.05, 3.63) is 23.8 Å². The summed E-state index contributed by atoms with van der Waals surface area (Å²) in [6.45, 7) is 7.83. The number of hydrogen-bond donors (Lipinski definition) is 2. The van der Waals surface area contributed by atoms with E-state index in [1.807, 2.05) is 30.0 Å². The first-order valence-corrected chi connectivity index (χ1v) is 7.48. The second-order valence-corrected chi connectivity index (χ2v) is 7.39. The first-order valence-electron chi connectivity index (χ1n) is 6.49. The van der Waals surface area contributed by atoms with Gasteiger partial charge in [0.1, 0.15) is 13.2 Å². The Kier molecular flexibility index (Phi) is 4.60. The standard InChI is InChI=1S/C14H22N2O2S/c1-14(2,3)19-9-11(16-15)10-4-5-12-13(8-10)18-7-6-17-12/h4-5,8,11,16H,6-7,9,15H2,1-3H3. The van der Waals surface area contributed by atoms with Crippen LogP contribution in [0.15, 0.2) is 18.2 Å². The molecule has 0 aliphatic carbocycles. The molecule has 0 amide bonds. The van der Waals surface area contributed by atoms with Crippen molar-refractivity contribution in [3.63, 3.8) is 0 Å². The quantitative estimate of drug-likeness (QED) is 0.656. The fourth-order valence-corrected chi connectivity index (χ4v) is 2.81. The molecular formula is C14H22N2O2S. The second-order valence-electron chi connectivity index (χ2n) is 5.55. The van der Waals surface area contributed by atoms with Crippen LogP contribution in [0.2, 0.25) is 0 Å². The zero-order chi connectivity index (χ0) is 13.9. The summed E-state index contributed by atoms with van der Waals surface area (Å²) in [6, 6.07) is 6.12. The molecule has 106 valence electrons. The summed E-state index contributed by atoms with van der Waals surface area (Å²) < 4.78 is 11.4. The molecular weight excluding hydrogens is 260 g/mol. The number of nitrogens with two attached hydrogens (primary N) is 1. The lowest BCUT2D eigenvalue weighted by atomic mass is 10.1. The number of fused-ring (bicyclic) bond motifs is 1. The lowest BCUT2D eigenvalue weighted by Gasteiger charge is -2.24. The SMILES string of the molecule is CC(C)(C)SCC(NN)c1ccc2c(c1)OCCO2. The van der Waals surface area contributed by atoms with E-state index in [0.717, 1.165) is 22.8 Å². The third-order valence-electron chi connectivity index (χ3n) is 2.85. The molecule has 0 aromatic heterocycles. The highest BCUT2D eigenvalue weighted by Crippen LogP contribution is 2.34. The van der Waals surface area contributed by atoms with Crippen LogP contribution in [0.5, 0.6) is 11.5 Å². The topological polar surface area (TPSA) is 56.5 Å². The highest BCUT2D eigenvalue weighted by molar-refractivity contribution is 8.00. The second kappa shape index (κ2) is 6.03. The number of hydrazine groups is 1. The Morgan fingerprint density at radius 2 is 1.95 bits per heavy atom. The third-order valence-corrected chi connectivity index (χ3v) is 4.22. The molecule has 1 aromatic carbocycles. The first-order chi connectivity index (χ1) is 8.99. The van der Waals surface area contributed by atoms with Gasteiger partial charge < -0.3 is 9.47 Å². The molecule has 3 N–H and O–H groups in total. The average molecular weight is 282 g/mol. The Balaban J connectivity index is 2.10. The Morgan fingerprint density at radius 3 is 2.58 bits per heavy atom. The Bertz CT molecular complexity index is 432. The van der Waals surface area contributed by atoms with Crippen molar-refractivity contribution in [3.8, 4) is 11.5 Å². The van der Waals surface area contributed by atoms with Gasteiger partial charge in [-0.1, -0.05) is 26.8 Å². The Labute approximate surface area is 119 Å². The maximum absolute atomic E-state index is 5.67. The molecule has 0 saturated carbocycles. The van der Waals surface area contributed by atoms with Crippen molar-refractivity contribution >= 4 is 11.8 Å². The first kappa shape index (κ1) is 14.5. The molecule has 1 aliphatic heterocycles.